The highest BCUT2D eigenvalue weighted by molar-refractivity contribution is 9.10. The van der Waals surface area contributed by atoms with E-state index in [-0.39, 0.29) is 5.91 Å². The zero-order valence-corrected chi connectivity index (χ0v) is 15.6. The molecule has 6 heteroatoms. The molecule has 0 atom stereocenters. The minimum atomic E-state index is -0.135. The molecule has 0 aliphatic carbocycles. The molecule has 1 fully saturated rings. The summed E-state index contributed by atoms with van der Waals surface area (Å²) in [5.41, 5.74) is 2.78. The second-order valence-corrected chi connectivity index (χ2v) is 7.13. The van der Waals surface area contributed by atoms with Crippen molar-refractivity contribution in [3.8, 4) is 5.75 Å². The van der Waals surface area contributed by atoms with Crippen LogP contribution in [0.25, 0.3) is 6.08 Å². The maximum atomic E-state index is 12.1. The van der Waals surface area contributed by atoms with Crippen LogP contribution in [0.5, 0.6) is 5.75 Å². The molecular weight excluding hydrogens is 388 g/mol. The maximum absolute atomic E-state index is 12.1. The summed E-state index contributed by atoms with van der Waals surface area (Å²) in [6.45, 7) is 1.98. The Bertz CT molecular complexity index is 845. The highest BCUT2D eigenvalue weighted by Crippen LogP contribution is 2.29. The number of ether oxygens (including phenoxy) is 1. The second kappa shape index (κ2) is 7.23. The molecule has 2 aromatic rings. The number of rotatable bonds is 3. The number of halogens is 1. The Morgan fingerprint density at radius 2 is 1.96 bits per heavy atom. The summed E-state index contributed by atoms with van der Waals surface area (Å²) in [7, 11) is 1.64. The van der Waals surface area contributed by atoms with Gasteiger partial charge in [-0.3, -0.25) is 4.79 Å². The molecule has 2 aromatic carbocycles. The summed E-state index contributed by atoms with van der Waals surface area (Å²) in [5.74, 6) is 0.697. The van der Waals surface area contributed by atoms with Crippen molar-refractivity contribution in [1.29, 1.82) is 0 Å². The quantitative estimate of drug-likeness (QED) is 0.759. The normalized spacial score (nSPS) is 17.4. The van der Waals surface area contributed by atoms with Crippen molar-refractivity contribution in [3.05, 3.63) is 63.0 Å². The summed E-state index contributed by atoms with van der Waals surface area (Å²) in [5, 5.41) is 3.38. The standard InChI is InChI=1S/C18H15BrN2O2S/c1-11-9-12(3-8-15(11)23-2)10-16-17(22)21-18(24-16)20-14-6-4-13(19)5-7-14/h3-10H,1-2H3,(H,20,21,22)/b16-10-. The molecule has 1 aliphatic rings. The van der Waals surface area contributed by atoms with Crippen molar-refractivity contribution in [2.24, 2.45) is 4.99 Å². The second-order valence-electron chi connectivity index (χ2n) is 5.19. The van der Waals surface area contributed by atoms with E-state index in [0.29, 0.717) is 10.1 Å². The lowest BCUT2D eigenvalue weighted by molar-refractivity contribution is -0.115. The molecule has 24 heavy (non-hydrogen) atoms. The van der Waals surface area contributed by atoms with E-state index in [0.717, 1.165) is 27.0 Å². The van der Waals surface area contributed by atoms with E-state index in [2.05, 4.69) is 26.2 Å². The molecule has 1 saturated heterocycles. The van der Waals surface area contributed by atoms with Crippen molar-refractivity contribution < 1.29 is 9.53 Å². The number of thioether (sulfide) groups is 1. The first-order valence-electron chi connectivity index (χ1n) is 7.25. The summed E-state index contributed by atoms with van der Waals surface area (Å²) in [6, 6.07) is 13.4. The Morgan fingerprint density at radius 3 is 2.62 bits per heavy atom. The van der Waals surface area contributed by atoms with Gasteiger partial charge in [0.2, 0.25) is 0 Å². The minimum Gasteiger partial charge on any atom is -0.496 e. The van der Waals surface area contributed by atoms with Crippen LogP contribution in [0.1, 0.15) is 11.1 Å². The molecule has 1 amide bonds. The van der Waals surface area contributed by atoms with Crippen LogP contribution in [-0.4, -0.2) is 18.2 Å². The van der Waals surface area contributed by atoms with Crippen LogP contribution in [0.4, 0.5) is 5.69 Å². The third-order valence-corrected chi connectivity index (χ3v) is 4.86. The molecular formula is C18H15BrN2O2S. The highest BCUT2D eigenvalue weighted by atomic mass is 79.9. The SMILES string of the molecule is COc1ccc(/C=C2\SC(=Nc3ccc(Br)cc3)NC2=O)cc1C. The van der Waals surface area contributed by atoms with Crippen LogP contribution in [0.2, 0.25) is 0 Å². The van der Waals surface area contributed by atoms with Gasteiger partial charge in [-0.2, -0.15) is 0 Å². The first-order chi connectivity index (χ1) is 11.5. The van der Waals surface area contributed by atoms with Gasteiger partial charge >= 0.3 is 0 Å². The van der Waals surface area contributed by atoms with Gasteiger partial charge in [0.05, 0.1) is 17.7 Å². The molecule has 3 rings (SSSR count). The number of methoxy groups -OCH3 is 1. The van der Waals surface area contributed by atoms with Gasteiger partial charge < -0.3 is 10.1 Å². The van der Waals surface area contributed by atoms with Gasteiger partial charge in [-0.25, -0.2) is 4.99 Å². The fourth-order valence-corrected chi connectivity index (χ4v) is 3.36. The predicted octanol–water partition coefficient (Wildman–Crippen LogP) is 4.66. The molecule has 0 radical (unpaired) electrons. The number of hydrogen-bond donors (Lipinski definition) is 1. The smallest absolute Gasteiger partial charge is 0.264 e. The Kier molecular flexibility index (Phi) is 5.06. The van der Waals surface area contributed by atoms with E-state index in [4.69, 9.17) is 4.74 Å². The number of benzene rings is 2. The fourth-order valence-electron chi connectivity index (χ4n) is 2.26. The molecule has 0 spiro atoms. The number of carbonyl (C=O) groups excluding carboxylic acids is 1. The summed E-state index contributed by atoms with van der Waals surface area (Å²) >= 11 is 4.72. The van der Waals surface area contributed by atoms with E-state index in [9.17, 15) is 4.79 Å². The average Bonchev–Trinajstić information content (AvgIpc) is 2.89. The topological polar surface area (TPSA) is 50.7 Å². The molecule has 0 unspecified atom stereocenters. The highest BCUT2D eigenvalue weighted by Gasteiger charge is 2.23. The lowest BCUT2D eigenvalue weighted by Gasteiger charge is -2.04. The van der Waals surface area contributed by atoms with Crippen molar-refractivity contribution in [3.63, 3.8) is 0 Å². The van der Waals surface area contributed by atoms with Crippen molar-refractivity contribution >= 4 is 50.5 Å². The Morgan fingerprint density at radius 1 is 1.21 bits per heavy atom. The van der Waals surface area contributed by atoms with E-state index in [1.807, 2.05) is 55.5 Å². The summed E-state index contributed by atoms with van der Waals surface area (Å²) in [4.78, 5) is 17.2. The molecule has 0 saturated carbocycles. The van der Waals surface area contributed by atoms with Crippen LogP contribution in [0.3, 0.4) is 0 Å². The number of nitrogens with one attached hydrogen (secondary N) is 1. The molecule has 0 aromatic heterocycles. The first kappa shape index (κ1) is 16.8. The fraction of sp³-hybridized carbons (Fsp3) is 0.111. The first-order valence-corrected chi connectivity index (χ1v) is 8.86. The Hall–Kier alpha value is -2.05. The van der Waals surface area contributed by atoms with Gasteiger partial charge in [-0.05, 0) is 72.3 Å². The number of carbonyl (C=O) groups is 1. The number of aryl methyl sites for hydroxylation is 1. The van der Waals surface area contributed by atoms with Crippen molar-refractivity contribution in [2.75, 3.05) is 7.11 Å². The zero-order chi connectivity index (χ0) is 17.1. The van der Waals surface area contributed by atoms with Crippen LogP contribution in [0, 0.1) is 6.92 Å². The molecule has 4 nitrogen and oxygen atoms in total. The number of amides is 1. The van der Waals surface area contributed by atoms with E-state index >= 15 is 0 Å². The maximum Gasteiger partial charge on any atom is 0.264 e. The largest absolute Gasteiger partial charge is 0.496 e. The Labute approximate surface area is 153 Å². The van der Waals surface area contributed by atoms with Gasteiger partial charge in [0.25, 0.3) is 5.91 Å². The van der Waals surface area contributed by atoms with E-state index in [1.54, 1.807) is 7.11 Å². The number of amidine groups is 1. The van der Waals surface area contributed by atoms with Crippen LogP contribution in [-0.2, 0) is 4.79 Å². The van der Waals surface area contributed by atoms with Gasteiger partial charge in [-0.1, -0.05) is 22.0 Å². The van der Waals surface area contributed by atoms with E-state index < -0.39 is 0 Å². The van der Waals surface area contributed by atoms with Gasteiger partial charge in [-0.15, -0.1) is 0 Å². The average molecular weight is 403 g/mol. The molecule has 0 bridgehead atoms. The predicted molar refractivity (Wildman–Crippen MR) is 103 cm³/mol. The lowest BCUT2D eigenvalue weighted by atomic mass is 10.1. The summed E-state index contributed by atoms with van der Waals surface area (Å²) < 4.78 is 6.25. The minimum absolute atomic E-state index is 0.135. The van der Waals surface area contributed by atoms with Gasteiger partial charge in [0.15, 0.2) is 5.17 Å². The molecule has 1 heterocycles. The van der Waals surface area contributed by atoms with Crippen molar-refractivity contribution in [1.82, 2.24) is 5.32 Å². The number of nitrogens with zero attached hydrogens (tertiary/aromatic N) is 1. The van der Waals surface area contributed by atoms with Gasteiger partial charge in [0, 0.05) is 4.47 Å². The molecule has 1 N–H and O–H groups in total. The molecule has 1 aliphatic heterocycles. The number of hydrogen-bond acceptors (Lipinski definition) is 4. The van der Waals surface area contributed by atoms with E-state index in [1.165, 1.54) is 11.8 Å². The van der Waals surface area contributed by atoms with Crippen molar-refractivity contribution in [2.45, 2.75) is 6.92 Å². The third-order valence-electron chi connectivity index (χ3n) is 3.42. The Balaban J connectivity index is 1.81. The van der Waals surface area contributed by atoms with Gasteiger partial charge in [0.1, 0.15) is 5.75 Å². The monoisotopic (exact) mass is 402 g/mol. The lowest BCUT2D eigenvalue weighted by Crippen LogP contribution is -2.19. The molecule has 122 valence electrons. The van der Waals surface area contributed by atoms with Crippen LogP contribution >= 0.6 is 27.7 Å². The third kappa shape index (κ3) is 3.88. The summed E-state index contributed by atoms with van der Waals surface area (Å²) in [6.07, 6.45) is 1.86. The van der Waals surface area contributed by atoms with Crippen LogP contribution < -0.4 is 10.1 Å². The van der Waals surface area contributed by atoms with Crippen LogP contribution in [0.15, 0.2) is 56.8 Å². The zero-order valence-electron chi connectivity index (χ0n) is 13.2. The number of aliphatic imine (C=N–C) groups is 1.